The molecule has 1 unspecified atom stereocenters. The average Bonchev–Trinajstić information content (AvgIpc) is 2.49. The van der Waals surface area contributed by atoms with Gasteiger partial charge in [0.05, 0.1) is 16.5 Å². The van der Waals surface area contributed by atoms with Gasteiger partial charge >= 0.3 is 0 Å². The lowest BCUT2D eigenvalue weighted by molar-refractivity contribution is -0.146. The lowest BCUT2D eigenvalue weighted by atomic mass is 9.83. The second kappa shape index (κ2) is 3.74. The molecule has 1 aliphatic heterocycles. The van der Waals surface area contributed by atoms with Crippen molar-refractivity contribution in [3.05, 3.63) is 21.3 Å². The van der Waals surface area contributed by atoms with Gasteiger partial charge in [-0.15, -0.1) is 11.3 Å². The van der Waals surface area contributed by atoms with Crippen LogP contribution in [-0.4, -0.2) is 17.3 Å². The summed E-state index contributed by atoms with van der Waals surface area (Å²) in [6, 6.07) is 3.75. The summed E-state index contributed by atoms with van der Waals surface area (Å²) in [5.41, 5.74) is -1.02. The zero-order chi connectivity index (χ0) is 11.1. The van der Waals surface area contributed by atoms with Gasteiger partial charge in [0.2, 0.25) is 0 Å². The van der Waals surface area contributed by atoms with E-state index in [0.717, 1.165) is 9.21 Å². The van der Waals surface area contributed by atoms with Gasteiger partial charge in [0.25, 0.3) is 0 Å². The van der Waals surface area contributed by atoms with Crippen LogP contribution in [0.2, 0.25) is 4.34 Å². The van der Waals surface area contributed by atoms with E-state index in [4.69, 9.17) is 16.3 Å². The molecule has 0 saturated carbocycles. The number of hydrogen-bond acceptors (Lipinski definition) is 3. The van der Waals surface area contributed by atoms with Crippen LogP contribution >= 0.6 is 22.9 Å². The van der Waals surface area contributed by atoms with Crippen LogP contribution in [0.15, 0.2) is 12.1 Å². The van der Waals surface area contributed by atoms with Crippen LogP contribution in [0.1, 0.15) is 31.6 Å². The van der Waals surface area contributed by atoms with Gasteiger partial charge < -0.3 is 9.84 Å². The molecule has 1 aliphatic rings. The Morgan fingerprint density at radius 3 is 2.73 bits per heavy atom. The van der Waals surface area contributed by atoms with Gasteiger partial charge in [-0.2, -0.15) is 0 Å². The summed E-state index contributed by atoms with van der Waals surface area (Å²) in [6.07, 6.45) is 1.27. The van der Waals surface area contributed by atoms with Gasteiger partial charge in [0.1, 0.15) is 5.60 Å². The van der Waals surface area contributed by atoms with Gasteiger partial charge in [0.15, 0.2) is 0 Å². The second-order valence-electron chi connectivity index (χ2n) is 4.67. The second-order valence-corrected chi connectivity index (χ2v) is 6.39. The van der Waals surface area contributed by atoms with E-state index >= 15 is 0 Å². The zero-order valence-electron chi connectivity index (χ0n) is 8.92. The molecule has 1 aromatic rings. The molecule has 1 fully saturated rings. The quantitative estimate of drug-likeness (QED) is 0.825. The van der Waals surface area contributed by atoms with E-state index in [-0.39, 0.29) is 5.60 Å². The number of thiophene rings is 1. The summed E-state index contributed by atoms with van der Waals surface area (Å²) in [5, 5.41) is 10.6. The first kappa shape index (κ1) is 11.4. The molecule has 0 radical (unpaired) electrons. The molecule has 0 aliphatic carbocycles. The van der Waals surface area contributed by atoms with Crippen LogP contribution in [0.5, 0.6) is 0 Å². The first-order valence-electron chi connectivity index (χ1n) is 5.03. The topological polar surface area (TPSA) is 29.5 Å². The van der Waals surface area contributed by atoms with Crippen molar-refractivity contribution in [1.82, 2.24) is 0 Å². The Balaban J connectivity index is 2.26. The fourth-order valence-corrected chi connectivity index (χ4v) is 3.27. The molecule has 2 rings (SSSR count). The molecule has 0 spiro atoms. The van der Waals surface area contributed by atoms with E-state index in [1.807, 2.05) is 26.0 Å². The van der Waals surface area contributed by atoms with Gasteiger partial charge in [-0.05, 0) is 26.0 Å². The van der Waals surface area contributed by atoms with Gasteiger partial charge in [-0.1, -0.05) is 11.6 Å². The Morgan fingerprint density at radius 2 is 2.20 bits per heavy atom. The van der Waals surface area contributed by atoms with Crippen molar-refractivity contribution in [3.63, 3.8) is 0 Å². The van der Waals surface area contributed by atoms with Crippen molar-refractivity contribution in [2.24, 2.45) is 0 Å². The monoisotopic (exact) mass is 246 g/mol. The van der Waals surface area contributed by atoms with Crippen LogP contribution in [0.25, 0.3) is 0 Å². The zero-order valence-corrected chi connectivity index (χ0v) is 10.5. The number of hydrogen-bond donors (Lipinski definition) is 1. The molecule has 2 heterocycles. The van der Waals surface area contributed by atoms with E-state index in [1.54, 1.807) is 0 Å². The molecule has 15 heavy (non-hydrogen) atoms. The van der Waals surface area contributed by atoms with Crippen molar-refractivity contribution >= 4 is 22.9 Å². The van der Waals surface area contributed by atoms with E-state index in [9.17, 15) is 5.11 Å². The average molecular weight is 247 g/mol. The highest BCUT2D eigenvalue weighted by atomic mass is 35.5. The molecule has 1 aromatic heterocycles. The molecule has 0 aromatic carbocycles. The molecular formula is C11H15ClO2S. The molecule has 0 amide bonds. The molecule has 1 atom stereocenters. The predicted molar refractivity (Wildman–Crippen MR) is 62.5 cm³/mol. The number of aliphatic hydroxyl groups is 1. The maximum absolute atomic E-state index is 10.6. The fourth-order valence-electron chi connectivity index (χ4n) is 2.11. The number of rotatable bonds is 1. The van der Waals surface area contributed by atoms with Crippen molar-refractivity contribution in [1.29, 1.82) is 0 Å². The van der Waals surface area contributed by atoms with Crippen molar-refractivity contribution < 1.29 is 9.84 Å². The van der Waals surface area contributed by atoms with Crippen LogP contribution in [0.4, 0.5) is 0 Å². The Bertz CT molecular complexity index is 361. The Hall–Kier alpha value is -0.0900. The van der Waals surface area contributed by atoms with Crippen molar-refractivity contribution in [2.75, 3.05) is 6.61 Å². The molecule has 0 bridgehead atoms. The summed E-state index contributed by atoms with van der Waals surface area (Å²) in [5.74, 6) is 0. The maximum Gasteiger partial charge on any atom is 0.104 e. The molecule has 1 N–H and O–H groups in total. The van der Waals surface area contributed by atoms with Gasteiger partial charge in [-0.3, -0.25) is 0 Å². The van der Waals surface area contributed by atoms with Gasteiger partial charge in [-0.25, -0.2) is 0 Å². The predicted octanol–water partition coefficient (Wildman–Crippen LogP) is 3.18. The highest BCUT2D eigenvalue weighted by Crippen LogP contribution is 2.42. The summed E-state index contributed by atoms with van der Waals surface area (Å²) in [7, 11) is 0. The van der Waals surface area contributed by atoms with Crippen LogP contribution < -0.4 is 0 Å². The molecule has 2 nitrogen and oxygen atoms in total. The number of halogens is 1. The molecule has 84 valence electrons. The van der Waals surface area contributed by atoms with E-state index in [2.05, 4.69) is 0 Å². The highest BCUT2D eigenvalue weighted by Gasteiger charge is 2.41. The van der Waals surface area contributed by atoms with Crippen molar-refractivity contribution in [3.8, 4) is 0 Å². The Kier molecular flexibility index (Phi) is 2.84. The van der Waals surface area contributed by atoms with Gasteiger partial charge in [0, 0.05) is 17.7 Å². The Labute approximate surface area is 98.8 Å². The lowest BCUT2D eigenvalue weighted by Crippen LogP contribution is -2.43. The third-order valence-corrected chi connectivity index (χ3v) is 4.18. The van der Waals surface area contributed by atoms with Crippen LogP contribution in [0, 0.1) is 0 Å². The lowest BCUT2D eigenvalue weighted by Gasteiger charge is -2.41. The summed E-state index contributed by atoms with van der Waals surface area (Å²) < 4.78 is 6.33. The normalized spacial score (nSPS) is 30.4. The van der Waals surface area contributed by atoms with E-state index < -0.39 is 5.60 Å². The minimum Gasteiger partial charge on any atom is -0.384 e. The SMILES string of the molecule is CC1(C)CC(O)(c2ccc(Cl)s2)CCO1. The fraction of sp³-hybridized carbons (Fsp3) is 0.636. The Morgan fingerprint density at radius 1 is 1.47 bits per heavy atom. The molecular weight excluding hydrogens is 232 g/mol. The van der Waals surface area contributed by atoms with E-state index in [1.165, 1.54) is 11.3 Å². The maximum atomic E-state index is 10.6. The smallest absolute Gasteiger partial charge is 0.104 e. The third-order valence-electron chi connectivity index (χ3n) is 2.76. The standard InChI is InChI=1S/C11H15ClO2S/c1-10(2)7-11(13,5-6-14-10)8-3-4-9(12)15-8/h3-4,13H,5-7H2,1-2H3. The highest BCUT2D eigenvalue weighted by molar-refractivity contribution is 7.16. The number of ether oxygens (including phenoxy) is 1. The molecule has 4 heteroatoms. The first-order chi connectivity index (χ1) is 6.91. The largest absolute Gasteiger partial charge is 0.384 e. The summed E-state index contributed by atoms with van der Waals surface area (Å²) >= 11 is 7.34. The van der Waals surface area contributed by atoms with E-state index in [0.29, 0.717) is 19.4 Å². The van der Waals surface area contributed by atoms with Crippen LogP contribution in [0.3, 0.4) is 0 Å². The summed E-state index contributed by atoms with van der Waals surface area (Å²) in [6.45, 7) is 4.61. The summed E-state index contributed by atoms with van der Waals surface area (Å²) in [4.78, 5) is 0.948. The first-order valence-corrected chi connectivity index (χ1v) is 6.23. The minimum atomic E-state index is -0.764. The van der Waals surface area contributed by atoms with Crippen molar-refractivity contribution in [2.45, 2.75) is 37.9 Å². The van der Waals surface area contributed by atoms with Crippen LogP contribution in [-0.2, 0) is 10.3 Å². The third kappa shape index (κ3) is 2.36. The minimum absolute atomic E-state index is 0.260. The molecule has 1 saturated heterocycles.